The maximum atomic E-state index is 13.6. The molecule has 2 aromatic carbocycles. The van der Waals surface area contributed by atoms with E-state index in [1.54, 1.807) is 11.0 Å². The number of hydrogen-bond acceptors (Lipinski definition) is 4. The van der Waals surface area contributed by atoms with Gasteiger partial charge in [-0.05, 0) is 48.7 Å². The van der Waals surface area contributed by atoms with Crippen LogP contribution in [0, 0.1) is 11.6 Å². The Labute approximate surface area is 184 Å². The number of likely N-dealkylation sites (tertiary alicyclic amines) is 1. The van der Waals surface area contributed by atoms with Crippen LogP contribution in [0.15, 0.2) is 36.4 Å². The number of piperidine rings is 1. The molecule has 1 spiro atoms. The number of amides is 3. The van der Waals surface area contributed by atoms with E-state index in [1.807, 2.05) is 7.05 Å². The summed E-state index contributed by atoms with van der Waals surface area (Å²) in [6.07, 6.45) is 1.04. The molecule has 0 radical (unpaired) electrons. The van der Waals surface area contributed by atoms with Crippen LogP contribution >= 0.6 is 0 Å². The molecule has 1 atom stereocenters. The lowest BCUT2D eigenvalue weighted by molar-refractivity contribution is 0.0852. The third kappa shape index (κ3) is 4.00. The Bertz CT molecular complexity index is 1050. The molecule has 0 bridgehead atoms. The Hall–Kier alpha value is -3.20. The maximum absolute atomic E-state index is 13.6. The number of carbonyl (C=O) groups excluding carboxylic acids is 2. The van der Waals surface area contributed by atoms with E-state index in [0.29, 0.717) is 43.5 Å². The SMILES string of the molecule is CN1c2ccc(F)cc2C(O)CC12CCN(C(=O)NCc1ccc(F)c(C(N)=O)c1)CC2. The van der Waals surface area contributed by atoms with Crippen molar-refractivity contribution < 1.29 is 23.5 Å². The van der Waals surface area contributed by atoms with E-state index in [0.717, 1.165) is 11.8 Å². The summed E-state index contributed by atoms with van der Waals surface area (Å²) in [5.74, 6) is -1.93. The number of rotatable bonds is 3. The number of nitrogens with one attached hydrogen (secondary N) is 1. The van der Waals surface area contributed by atoms with Crippen LogP contribution in [-0.2, 0) is 6.54 Å². The minimum atomic E-state index is -0.861. The molecule has 1 fully saturated rings. The minimum Gasteiger partial charge on any atom is -0.388 e. The summed E-state index contributed by atoms with van der Waals surface area (Å²) in [7, 11) is 1.95. The van der Waals surface area contributed by atoms with Crippen molar-refractivity contribution >= 4 is 17.6 Å². The summed E-state index contributed by atoms with van der Waals surface area (Å²) in [6, 6.07) is 8.18. The number of primary amides is 1. The Morgan fingerprint density at radius 1 is 1.19 bits per heavy atom. The standard InChI is InChI=1S/C23H26F2N4O3/c1-28-19-5-3-15(24)11-17(19)20(30)12-23(28)6-8-29(9-7-23)22(32)27-13-14-2-4-18(25)16(10-14)21(26)31/h2-5,10-11,20,30H,6-9,12-13H2,1H3,(H2,26,31)(H,27,32). The average Bonchev–Trinajstić information content (AvgIpc) is 2.77. The van der Waals surface area contributed by atoms with Gasteiger partial charge in [0.1, 0.15) is 11.6 Å². The monoisotopic (exact) mass is 444 g/mol. The molecule has 9 heteroatoms. The van der Waals surface area contributed by atoms with Crippen molar-refractivity contribution in [2.45, 2.75) is 37.5 Å². The number of benzene rings is 2. The van der Waals surface area contributed by atoms with Gasteiger partial charge in [0.05, 0.1) is 11.7 Å². The number of nitrogens with zero attached hydrogens (tertiary/aromatic N) is 2. The lowest BCUT2D eigenvalue weighted by Crippen LogP contribution is -2.58. The molecule has 4 rings (SSSR count). The van der Waals surface area contributed by atoms with E-state index >= 15 is 0 Å². The van der Waals surface area contributed by atoms with Crippen molar-refractivity contribution in [3.05, 3.63) is 64.7 Å². The van der Waals surface area contributed by atoms with E-state index in [4.69, 9.17) is 5.73 Å². The summed E-state index contributed by atoms with van der Waals surface area (Å²) in [5, 5.41) is 13.4. The molecule has 170 valence electrons. The zero-order chi connectivity index (χ0) is 23.0. The molecule has 4 N–H and O–H groups in total. The number of carbonyl (C=O) groups is 2. The highest BCUT2D eigenvalue weighted by Crippen LogP contribution is 2.46. The van der Waals surface area contributed by atoms with Crippen LogP contribution in [0.4, 0.5) is 19.3 Å². The summed E-state index contributed by atoms with van der Waals surface area (Å²) in [5.41, 5.74) is 6.62. The number of urea groups is 1. The van der Waals surface area contributed by atoms with Gasteiger partial charge in [0.2, 0.25) is 0 Å². The normalized spacial score (nSPS) is 19.6. The molecule has 0 saturated carbocycles. The zero-order valence-electron chi connectivity index (χ0n) is 17.8. The molecule has 1 saturated heterocycles. The highest BCUT2D eigenvalue weighted by Gasteiger charge is 2.45. The molecule has 3 amide bonds. The van der Waals surface area contributed by atoms with Gasteiger partial charge in [-0.3, -0.25) is 4.79 Å². The van der Waals surface area contributed by atoms with E-state index in [2.05, 4.69) is 10.2 Å². The predicted octanol–water partition coefficient (Wildman–Crippen LogP) is 2.68. The van der Waals surface area contributed by atoms with Crippen molar-refractivity contribution in [2.24, 2.45) is 5.73 Å². The fraction of sp³-hybridized carbons (Fsp3) is 0.391. The fourth-order valence-electron chi connectivity index (χ4n) is 4.79. The van der Waals surface area contributed by atoms with Gasteiger partial charge in [-0.15, -0.1) is 0 Å². The number of nitrogens with two attached hydrogens (primary N) is 1. The molecule has 2 aromatic rings. The van der Waals surface area contributed by atoms with Crippen LogP contribution in [0.2, 0.25) is 0 Å². The first-order valence-corrected chi connectivity index (χ1v) is 10.5. The molecule has 7 nitrogen and oxygen atoms in total. The number of aliphatic hydroxyl groups is 1. The Morgan fingerprint density at radius 3 is 2.59 bits per heavy atom. The molecule has 0 aliphatic carbocycles. The van der Waals surface area contributed by atoms with Crippen LogP contribution < -0.4 is 16.0 Å². The Kier molecular flexibility index (Phi) is 5.77. The number of halogens is 2. The van der Waals surface area contributed by atoms with Crippen molar-refractivity contribution in [2.75, 3.05) is 25.0 Å². The Morgan fingerprint density at radius 2 is 1.91 bits per heavy atom. The molecule has 2 aliphatic rings. The largest absolute Gasteiger partial charge is 0.388 e. The molecular weight excluding hydrogens is 418 g/mol. The Balaban J connectivity index is 1.38. The van der Waals surface area contributed by atoms with Gasteiger partial charge in [0.25, 0.3) is 5.91 Å². The van der Waals surface area contributed by atoms with Crippen molar-refractivity contribution in [3.63, 3.8) is 0 Å². The first-order valence-electron chi connectivity index (χ1n) is 10.5. The van der Waals surface area contributed by atoms with Crippen LogP contribution in [0.1, 0.15) is 46.9 Å². The molecule has 32 heavy (non-hydrogen) atoms. The van der Waals surface area contributed by atoms with Gasteiger partial charge >= 0.3 is 6.03 Å². The maximum Gasteiger partial charge on any atom is 0.317 e. The lowest BCUT2D eigenvalue weighted by Gasteiger charge is -2.52. The second-order valence-corrected chi connectivity index (χ2v) is 8.53. The van der Waals surface area contributed by atoms with Crippen LogP contribution in [0.5, 0.6) is 0 Å². The third-order valence-electron chi connectivity index (χ3n) is 6.72. The summed E-state index contributed by atoms with van der Waals surface area (Å²) in [4.78, 5) is 27.8. The van der Waals surface area contributed by atoms with Crippen molar-refractivity contribution in [1.82, 2.24) is 10.2 Å². The number of aliphatic hydroxyl groups excluding tert-OH is 1. The third-order valence-corrected chi connectivity index (χ3v) is 6.72. The number of hydrogen-bond donors (Lipinski definition) is 3. The predicted molar refractivity (Wildman–Crippen MR) is 115 cm³/mol. The lowest BCUT2D eigenvalue weighted by atomic mass is 9.76. The first-order chi connectivity index (χ1) is 15.2. The van der Waals surface area contributed by atoms with E-state index < -0.39 is 17.8 Å². The quantitative estimate of drug-likeness (QED) is 0.678. The number of anilines is 1. The molecule has 2 heterocycles. The second-order valence-electron chi connectivity index (χ2n) is 8.53. The average molecular weight is 444 g/mol. The van der Waals surface area contributed by atoms with Crippen molar-refractivity contribution in [1.29, 1.82) is 0 Å². The molecule has 1 unspecified atom stereocenters. The van der Waals surface area contributed by atoms with E-state index in [9.17, 15) is 23.5 Å². The molecule has 2 aliphatic heterocycles. The van der Waals surface area contributed by atoms with Crippen LogP contribution in [0.3, 0.4) is 0 Å². The van der Waals surface area contributed by atoms with Gasteiger partial charge in [0.15, 0.2) is 0 Å². The van der Waals surface area contributed by atoms with Gasteiger partial charge in [-0.1, -0.05) is 6.07 Å². The summed E-state index contributed by atoms with van der Waals surface area (Å²) in [6.45, 7) is 1.13. The van der Waals surface area contributed by atoms with E-state index in [1.165, 1.54) is 24.3 Å². The van der Waals surface area contributed by atoms with Crippen LogP contribution in [-0.4, -0.2) is 47.6 Å². The fourth-order valence-corrected chi connectivity index (χ4v) is 4.79. The summed E-state index contributed by atoms with van der Waals surface area (Å²) < 4.78 is 27.2. The van der Waals surface area contributed by atoms with Gasteiger partial charge < -0.3 is 26.0 Å². The van der Waals surface area contributed by atoms with Gasteiger partial charge in [-0.2, -0.15) is 0 Å². The highest BCUT2D eigenvalue weighted by atomic mass is 19.1. The summed E-state index contributed by atoms with van der Waals surface area (Å²) >= 11 is 0. The minimum absolute atomic E-state index is 0.137. The number of fused-ring (bicyclic) bond motifs is 1. The second kappa shape index (κ2) is 8.38. The zero-order valence-corrected chi connectivity index (χ0v) is 17.8. The smallest absolute Gasteiger partial charge is 0.317 e. The van der Waals surface area contributed by atoms with Gasteiger partial charge in [0, 0.05) is 49.9 Å². The molecular formula is C23H26F2N4O3. The topological polar surface area (TPSA) is 98.9 Å². The van der Waals surface area contributed by atoms with Crippen LogP contribution in [0.25, 0.3) is 0 Å². The van der Waals surface area contributed by atoms with Gasteiger partial charge in [-0.25, -0.2) is 13.6 Å². The highest BCUT2D eigenvalue weighted by molar-refractivity contribution is 5.93. The first kappa shape index (κ1) is 22.0. The molecule has 0 aromatic heterocycles. The van der Waals surface area contributed by atoms with E-state index in [-0.39, 0.29) is 29.5 Å². The van der Waals surface area contributed by atoms with Crippen molar-refractivity contribution in [3.8, 4) is 0 Å².